The Kier molecular flexibility index (Phi) is 4.25. The van der Waals surface area contributed by atoms with Gasteiger partial charge in [-0.05, 0) is 32.8 Å². The summed E-state index contributed by atoms with van der Waals surface area (Å²) in [6, 6.07) is 8.05. The molecule has 1 fully saturated rings. The van der Waals surface area contributed by atoms with Crippen LogP contribution >= 0.6 is 0 Å². The monoisotopic (exact) mass is 304 g/mol. The van der Waals surface area contributed by atoms with Gasteiger partial charge in [-0.25, -0.2) is 4.79 Å². The van der Waals surface area contributed by atoms with Crippen molar-refractivity contribution < 1.29 is 14.3 Å². The third kappa shape index (κ3) is 2.77. The van der Waals surface area contributed by atoms with Crippen molar-refractivity contribution in [3.05, 3.63) is 29.8 Å². The number of benzene rings is 1. The summed E-state index contributed by atoms with van der Waals surface area (Å²) in [5, 5.41) is 2.86. The van der Waals surface area contributed by atoms with Gasteiger partial charge >= 0.3 is 6.03 Å². The summed E-state index contributed by atoms with van der Waals surface area (Å²) < 4.78 is 12.4. The number of ether oxygens (including phenoxy) is 2. The summed E-state index contributed by atoms with van der Waals surface area (Å²) in [4.78, 5) is 13.8. The Morgan fingerprint density at radius 1 is 1.36 bits per heavy atom. The fraction of sp³-hybridized carbons (Fsp3) is 0.588. The van der Waals surface area contributed by atoms with E-state index in [1.807, 2.05) is 36.1 Å². The van der Waals surface area contributed by atoms with Gasteiger partial charge in [-0.3, -0.25) is 0 Å². The van der Waals surface area contributed by atoms with E-state index < -0.39 is 0 Å². The highest BCUT2D eigenvalue weighted by atomic mass is 16.6. The highest BCUT2D eigenvalue weighted by Gasteiger charge is 2.44. The maximum Gasteiger partial charge on any atom is 0.317 e. The molecule has 1 saturated heterocycles. The van der Waals surface area contributed by atoms with E-state index in [0.29, 0.717) is 26.2 Å². The van der Waals surface area contributed by atoms with Crippen molar-refractivity contribution in [3.8, 4) is 5.75 Å². The second kappa shape index (κ2) is 6.16. The standard InChI is InChI=1S/C17H24N2O3/c1-3-18-16(20)19-10-8-17(9-11-19)13(2)22-15-7-5-4-6-14(15)12-21-17/h4-7,13H,3,8-12H2,1-2H3,(H,18,20). The van der Waals surface area contributed by atoms with Crippen molar-refractivity contribution in [1.29, 1.82) is 0 Å². The Labute approximate surface area is 131 Å². The van der Waals surface area contributed by atoms with Crippen LogP contribution in [-0.2, 0) is 11.3 Å². The minimum atomic E-state index is -0.304. The maximum atomic E-state index is 11.9. The van der Waals surface area contributed by atoms with E-state index in [-0.39, 0.29) is 17.7 Å². The molecule has 1 aromatic carbocycles. The average Bonchev–Trinajstić information content (AvgIpc) is 2.67. The van der Waals surface area contributed by atoms with E-state index in [4.69, 9.17) is 9.47 Å². The fourth-order valence-corrected chi connectivity index (χ4v) is 3.28. The molecule has 1 spiro atoms. The molecule has 0 saturated carbocycles. The molecular formula is C17H24N2O3. The molecule has 1 aromatic rings. The van der Waals surface area contributed by atoms with Gasteiger partial charge in [0.15, 0.2) is 0 Å². The van der Waals surface area contributed by atoms with Crippen LogP contribution in [0.2, 0.25) is 0 Å². The number of urea groups is 1. The normalized spacial score (nSPS) is 23.4. The lowest BCUT2D eigenvalue weighted by Gasteiger charge is -2.43. The van der Waals surface area contributed by atoms with Gasteiger partial charge in [0.05, 0.1) is 6.61 Å². The van der Waals surface area contributed by atoms with Crippen LogP contribution in [0.1, 0.15) is 32.3 Å². The Morgan fingerprint density at radius 3 is 2.82 bits per heavy atom. The topological polar surface area (TPSA) is 50.8 Å². The first-order valence-corrected chi connectivity index (χ1v) is 8.06. The van der Waals surface area contributed by atoms with Crippen molar-refractivity contribution >= 4 is 6.03 Å². The summed E-state index contributed by atoms with van der Waals surface area (Å²) in [7, 11) is 0. The second-order valence-corrected chi connectivity index (χ2v) is 6.04. The number of carbonyl (C=O) groups excluding carboxylic acids is 1. The number of para-hydroxylation sites is 1. The van der Waals surface area contributed by atoms with Crippen LogP contribution in [-0.4, -0.2) is 42.3 Å². The van der Waals surface area contributed by atoms with E-state index >= 15 is 0 Å². The zero-order valence-electron chi connectivity index (χ0n) is 13.3. The fourth-order valence-electron chi connectivity index (χ4n) is 3.28. The number of amides is 2. The van der Waals surface area contributed by atoms with Gasteiger partial charge in [0.25, 0.3) is 0 Å². The molecular weight excluding hydrogens is 280 g/mol. The molecule has 0 aromatic heterocycles. The summed E-state index contributed by atoms with van der Waals surface area (Å²) >= 11 is 0. The molecule has 1 unspecified atom stereocenters. The molecule has 1 N–H and O–H groups in total. The first-order chi connectivity index (χ1) is 10.6. The number of fused-ring (bicyclic) bond motifs is 1. The lowest BCUT2D eigenvalue weighted by Crippen LogP contribution is -2.55. The molecule has 22 heavy (non-hydrogen) atoms. The Hall–Kier alpha value is -1.75. The minimum Gasteiger partial charge on any atom is -0.487 e. The molecule has 2 aliphatic rings. The number of rotatable bonds is 1. The lowest BCUT2D eigenvalue weighted by molar-refractivity contribution is -0.131. The van der Waals surface area contributed by atoms with Crippen molar-refractivity contribution in [2.24, 2.45) is 0 Å². The van der Waals surface area contributed by atoms with Crippen molar-refractivity contribution in [1.82, 2.24) is 10.2 Å². The van der Waals surface area contributed by atoms with Gasteiger partial charge in [0.1, 0.15) is 17.5 Å². The molecule has 0 bridgehead atoms. The molecule has 2 amide bonds. The highest BCUT2D eigenvalue weighted by Crippen LogP contribution is 2.37. The molecule has 3 rings (SSSR count). The smallest absolute Gasteiger partial charge is 0.317 e. The van der Waals surface area contributed by atoms with Crippen molar-refractivity contribution in [2.75, 3.05) is 19.6 Å². The zero-order chi connectivity index (χ0) is 15.6. The third-order valence-corrected chi connectivity index (χ3v) is 4.76. The number of hydrogen-bond donors (Lipinski definition) is 1. The van der Waals surface area contributed by atoms with Crippen LogP contribution < -0.4 is 10.1 Å². The van der Waals surface area contributed by atoms with Crippen LogP contribution in [0.15, 0.2) is 24.3 Å². The molecule has 1 atom stereocenters. The van der Waals surface area contributed by atoms with Crippen molar-refractivity contribution in [3.63, 3.8) is 0 Å². The molecule has 2 aliphatic heterocycles. The quantitative estimate of drug-likeness (QED) is 0.867. The van der Waals surface area contributed by atoms with Crippen LogP contribution in [0.5, 0.6) is 5.75 Å². The summed E-state index contributed by atoms with van der Waals surface area (Å²) in [6.45, 7) is 6.65. The summed E-state index contributed by atoms with van der Waals surface area (Å²) in [5.41, 5.74) is 0.791. The highest BCUT2D eigenvalue weighted by molar-refractivity contribution is 5.74. The van der Waals surface area contributed by atoms with Crippen LogP contribution in [0.25, 0.3) is 0 Å². The Bertz CT molecular complexity index is 538. The number of hydrogen-bond acceptors (Lipinski definition) is 3. The summed E-state index contributed by atoms with van der Waals surface area (Å²) in [5.74, 6) is 0.915. The first kappa shape index (κ1) is 15.2. The van der Waals surface area contributed by atoms with E-state index in [2.05, 4.69) is 12.2 Å². The van der Waals surface area contributed by atoms with Gasteiger partial charge in [-0.2, -0.15) is 0 Å². The van der Waals surface area contributed by atoms with Crippen LogP contribution in [0, 0.1) is 0 Å². The largest absolute Gasteiger partial charge is 0.487 e. The van der Waals surface area contributed by atoms with Gasteiger partial charge in [-0.15, -0.1) is 0 Å². The van der Waals surface area contributed by atoms with E-state index in [1.54, 1.807) is 0 Å². The SMILES string of the molecule is CCNC(=O)N1CCC2(CC1)OCc1ccccc1OC2C. The molecule has 0 radical (unpaired) electrons. The minimum absolute atomic E-state index is 0.0165. The molecule has 120 valence electrons. The number of piperidine rings is 1. The Balaban J connectivity index is 1.70. The number of carbonyl (C=O) groups is 1. The predicted molar refractivity (Wildman–Crippen MR) is 83.9 cm³/mol. The molecule has 5 heteroatoms. The number of nitrogens with one attached hydrogen (secondary N) is 1. The van der Waals surface area contributed by atoms with Crippen LogP contribution in [0.3, 0.4) is 0 Å². The Morgan fingerprint density at radius 2 is 2.09 bits per heavy atom. The number of nitrogens with zero attached hydrogens (tertiary/aromatic N) is 1. The molecule has 5 nitrogen and oxygen atoms in total. The second-order valence-electron chi connectivity index (χ2n) is 6.04. The predicted octanol–water partition coefficient (Wildman–Crippen LogP) is 2.55. The van der Waals surface area contributed by atoms with Crippen molar-refractivity contribution in [2.45, 2.75) is 45.0 Å². The summed E-state index contributed by atoms with van der Waals surface area (Å²) in [6.07, 6.45) is 1.59. The molecule has 0 aliphatic carbocycles. The zero-order valence-corrected chi connectivity index (χ0v) is 13.3. The van der Waals surface area contributed by atoms with Gasteiger partial charge in [0, 0.05) is 25.2 Å². The van der Waals surface area contributed by atoms with E-state index in [1.165, 1.54) is 0 Å². The lowest BCUT2D eigenvalue weighted by atomic mass is 9.86. The van der Waals surface area contributed by atoms with E-state index in [0.717, 1.165) is 24.2 Å². The molecule has 2 heterocycles. The third-order valence-electron chi connectivity index (χ3n) is 4.76. The van der Waals surface area contributed by atoms with Gasteiger partial charge in [-0.1, -0.05) is 18.2 Å². The average molecular weight is 304 g/mol. The maximum absolute atomic E-state index is 11.9. The van der Waals surface area contributed by atoms with Gasteiger partial charge < -0.3 is 19.7 Å². The number of likely N-dealkylation sites (tertiary alicyclic amines) is 1. The first-order valence-electron chi connectivity index (χ1n) is 8.06. The van der Waals surface area contributed by atoms with Crippen LogP contribution in [0.4, 0.5) is 4.79 Å². The van der Waals surface area contributed by atoms with Gasteiger partial charge in [0.2, 0.25) is 0 Å². The van der Waals surface area contributed by atoms with E-state index in [9.17, 15) is 4.79 Å².